The molecule has 1 aromatic rings. The van der Waals surface area contributed by atoms with Crippen LogP contribution in [0.15, 0.2) is 6.20 Å². The first-order valence-corrected chi connectivity index (χ1v) is 4.83. The van der Waals surface area contributed by atoms with Crippen LogP contribution in [0, 0.1) is 0 Å². The summed E-state index contributed by atoms with van der Waals surface area (Å²) < 4.78 is 7.62. The van der Waals surface area contributed by atoms with Crippen LogP contribution in [0.2, 0.25) is 0 Å². The molecular weight excluding hydrogens is 190 g/mol. The second kappa shape index (κ2) is 3.80. The minimum atomic E-state index is -0.187. The number of hydrogen-bond donors (Lipinski definition) is 0. The van der Waals surface area contributed by atoms with Crippen LogP contribution in [-0.2, 0) is 4.84 Å². The van der Waals surface area contributed by atoms with E-state index in [1.54, 1.807) is 0 Å². The molecule has 1 aliphatic heterocycles. The standard InChI is InChI=1S/C7H9N3O2S/c11-7(6-5-8-13-9-6)10-3-1-2-4-12-10/h5H,1-4H2. The molecule has 0 N–H and O–H groups in total. The summed E-state index contributed by atoms with van der Waals surface area (Å²) in [5.74, 6) is -0.187. The van der Waals surface area contributed by atoms with Gasteiger partial charge in [0.05, 0.1) is 24.5 Å². The van der Waals surface area contributed by atoms with Gasteiger partial charge in [0.2, 0.25) is 0 Å². The molecule has 1 fully saturated rings. The van der Waals surface area contributed by atoms with E-state index in [0.717, 1.165) is 24.6 Å². The van der Waals surface area contributed by atoms with Crippen molar-refractivity contribution >= 4 is 17.6 Å². The second-order valence-corrected chi connectivity index (χ2v) is 3.30. The van der Waals surface area contributed by atoms with Crippen molar-refractivity contribution in [1.82, 2.24) is 13.8 Å². The Morgan fingerprint density at radius 3 is 3.15 bits per heavy atom. The van der Waals surface area contributed by atoms with Gasteiger partial charge in [-0.15, -0.1) is 0 Å². The van der Waals surface area contributed by atoms with Crippen molar-refractivity contribution in [2.45, 2.75) is 12.8 Å². The first-order chi connectivity index (χ1) is 6.38. The Labute approximate surface area is 79.6 Å². The Kier molecular flexibility index (Phi) is 2.51. The Bertz CT molecular complexity index is 282. The molecule has 0 radical (unpaired) electrons. The summed E-state index contributed by atoms with van der Waals surface area (Å²) in [6.07, 6.45) is 3.47. The fraction of sp³-hybridized carbons (Fsp3) is 0.571. The van der Waals surface area contributed by atoms with Crippen LogP contribution >= 0.6 is 11.7 Å². The predicted molar refractivity (Wildman–Crippen MR) is 46.1 cm³/mol. The lowest BCUT2D eigenvalue weighted by Crippen LogP contribution is -2.35. The molecule has 1 saturated heterocycles. The van der Waals surface area contributed by atoms with Crippen molar-refractivity contribution in [3.8, 4) is 0 Å². The monoisotopic (exact) mass is 199 g/mol. The average molecular weight is 199 g/mol. The van der Waals surface area contributed by atoms with E-state index in [0.29, 0.717) is 18.8 Å². The van der Waals surface area contributed by atoms with Gasteiger partial charge in [-0.1, -0.05) is 0 Å². The largest absolute Gasteiger partial charge is 0.298 e. The first-order valence-electron chi connectivity index (χ1n) is 4.10. The van der Waals surface area contributed by atoms with E-state index in [9.17, 15) is 4.79 Å². The third-order valence-corrected chi connectivity index (χ3v) is 2.29. The van der Waals surface area contributed by atoms with Crippen molar-refractivity contribution < 1.29 is 9.63 Å². The van der Waals surface area contributed by atoms with E-state index in [2.05, 4.69) is 8.75 Å². The fourth-order valence-electron chi connectivity index (χ4n) is 1.14. The Morgan fingerprint density at radius 1 is 1.62 bits per heavy atom. The Balaban J connectivity index is 2.04. The predicted octanol–water partition coefficient (Wildman–Crippen LogP) is 0.706. The number of carbonyl (C=O) groups is 1. The molecule has 6 heteroatoms. The lowest BCUT2D eigenvalue weighted by atomic mass is 10.3. The van der Waals surface area contributed by atoms with E-state index in [4.69, 9.17) is 4.84 Å². The maximum atomic E-state index is 11.6. The number of hydrogen-bond acceptors (Lipinski definition) is 5. The summed E-state index contributed by atoms with van der Waals surface area (Å²) in [7, 11) is 0. The molecule has 2 heterocycles. The highest BCUT2D eigenvalue weighted by atomic mass is 32.1. The van der Waals surface area contributed by atoms with E-state index >= 15 is 0 Å². The quantitative estimate of drug-likeness (QED) is 0.668. The minimum absolute atomic E-state index is 0.187. The maximum Gasteiger partial charge on any atom is 0.298 e. The Morgan fingerprint density at radius 2 is 2.54 bits per heavy atom. The molecular formula is C7H9N3O2S. The maximum absolute atomic E-state index is 11.6. The molecule has 0 bridgehead atoms. The van der Waals surface area contributed by atoms with Gasteiger partial charge < -0.3 is 0 Å². The normalized spacial score (nSPS) is 17.4. The lowest BCUT2D eigenvalue weighted by molar-refractivity contribution is -0.144. The summed E-state index contributed by atoms with van der Waals surface area (Å²) in [6.45, 7) is 1.26. The van der Waals surface area contributed by atoms with Gasteiger partial charge in [-0.05, 0) is 12.8 Å². The zero-order chi connectivity index (χ0) is 9.10. The van der Waals surface area contributed by atoms with Crippen LogP contribution in [0.3, 0.4) is 0 Å². The molecule has 0 aromatic carbocycles. The highest BCUT2D eigenvalue weighted by Gasteiger charge is 2.20. The second-order valence-electron chi connectivity index (χ2n) is 2.74. The van der Waals surface area contributed by atoms with Crippen molar-refractivity contribution in [3.63, 3.8) is 0 Å². The van der Waals surface area contributed by atoms with E-state index in [-0.39, 0.29) is 5.91 Å². The average Bonchev–Trinajstić information content (AvgIpc) is 2.71. The highest BCUT2D eigenvalue weighted by molar-refractivity contribution is 6.99. The summed E-state index contributed by atoms with van der Waals surface area (Å²) >= 11 is 1.03. The summed E-state index contributed by atoms with van der Waals surface area (Å²) in [5.41, 5.74) is 0.368. The number of nitrogens with zero attached hydrogens (tertiary/aromatic N) is 3. The number of rotatable bonds is 1. The topological polar surface area (TPSA) is 55.3 Å². The van der Waals surface area contributed by atoms with Crippen molar-refractivity contribution in [2.24, 2.45) is 0 Å². The molecule has 1 aromatic heterocycles. The van der Waals surface area contributed by atoms with Crippen LogP contribution in [0.4, 0.5) is 0 Å². The summed E-state index contributed by atoms with van der Waals surface area (Å²) in [5, 5.41) is 1.36. The van der Waals surface area contributed by atoms with Gasteiger partial charge in [-0.3, -0.25) is 9.63 Å². The molecule has 0 saturated carbocycles. The lowest BCUT2D eigenvalue weighted by Gasteiger charge is -2.24. The summed E-state index contributed by atoms with van der Waals surface area (Å²) in [4.78, 5) is 16.8. The van der Waals surface area contributed by atoms with Crippen LogP contribution < -0.4 is 0 Å². The minimum Gasteiger partial charge on any atom is -0.271 e. The third kappa shape index (κ3) is 1.84. The van der Waals surface area contributed by atoms with Crippen molar-refractivity contribution in [2.75, 3.05) is 13.2 Å². The fourth-order valence-corrected chi connectivity index (χ4v) is 1.55. The Hall–Kier alpha value is -1.01. The third-order valence-electron chi connectivity index (χ3n) is 1.81. The molecule has 0 unspecified atom stereocenters. The van der Waals surface area contributed by atoms with Gasteiger partial charge in [-0.25, -0.2) is 5.06 Å². The number of carbonyl (C=O) groups excluding carboxylic acids is 1. The molecule has 2 rings (SSSR count). The van der Waals surface area contributed by atoms with Gasteiger partial charge >= 0.3 is 0 Å². The molecule has 1 amide bonds. The van der Waals surface area contributed by atoms with Gasteiger partial charge in [0, 0.05) is 6.54 Å². The highest BCUT2D eigenvalue weighted by Crippen LogP contribution is 2.09. The van der Waals surface area contributed by atoms with Gasteiger partial charge in [-0.2, -0.15) is 8.75 Å². The molecule has 0 aliphatic carbocycles. The van der Waals surface area contributed by atoms with Gasteiger partial charge in [0.1, 0.15) is 0 Å². The van der Waals surface area contributed by atoms with Crippen molar-refractivity contribution in [3.05, 3.63) is 11.9 Å². The van der Waals surface area contributed by atoms with E-state index in [1.807, 2.05) is 0 Å². The molecule has 5 nitrogen and oxygen atoms in total. The van der Waals surface area contributed by atoms with Gasteiger partial charge in [0.25, 0.3) is 5.91 Å². The van der Waals surface area contributed by atoms with Crippen LogP contribution in [0.5, 0.6) is 0 Å². The van der Waals surface area contributed by atoms with Crippen LogP contribution in [-0.4, -0.2) is 32.9 Å². The number of aromatic nitrogens is 2. The molecule has 70 valence electrons. The number of amides is 1. The van der Waals surface area contributed by atoms with E-state index < -0.39 is 0 Å². The smallest absolute Gasteiger partial charge is 0.271 e. The molecule has 13 heavy (non-hydrogen) atoms. The van der Waals surface area contributed by atoms with Crippen molar-refractivity contribution in [1.29, 1.82) is 0 Å². The summed E-state index contributed by atoms with van der Waals surface area (Å²) in [6, 6.07) is 0. The molecule has 0 atom stereocenters. The molecule has 1 aliphatic rings. The van der Waals surface area contributed by atoms with Crippen LogP contribution in [0.1, 0.15) is 23.3 Å². The molecule has 0 spiro atoms. The van der Waals surface area contributed by atoms with Crippen LogP contribution in [0.25, 0.3) is 0 Å². The first kappa shape index (κ1) is 8.58. The van der Waals surface area contributed by atoms with Gasteiger partial charge in [0.15, 0.2) is 5.69 Å². The zero-order valence-corrected chi connectivity index (χ0v) is 7.79. The zero-order valence-electron chi connectivity index (χ0n) is 6.97. The van der Waals surface area contributed by atoms with E-state index in [1.165, 1.54) is 11.3 Å². The number of hydroxylamine groups is 2. The SMILES string of the molecule is O=C(c1cnsn1)N1CCCCO1.